The Labute approximate surface area is 187 Å². The highest BCUT2D eigenvalue weighted by Crippen LogP contribution is 2.39. The number of phenols is 1. The number of aromatic nitrogens is 2. The molecule has 6 N–H and O–H groups in total. The molecule has 2 aromatic heterocycles. The average molecular weight is 474 g/mol. The maximum Gasteiger partial charge on any atom is 0.238 e. The van der Waals surface area contributed by atoms with Crippen molar-refractivity contribution in [2.75, 3.05) is 11.1 Å². The standard InChI is InChI=1S/C20H19N5O3S3/c1-10-7-12(8-11(2)16(10)26)15-9-29-19(24-15)17-18(21)25-20(30-17)23-13-3-5-14(6-4-13)31(22,27)28/h3-9,26H,21H2,1-2H3,(H,23,25)(H2,22,27,28). The number of benzene rings is 2. The molecule has 11 heteroatoms. The Morgan fingerprint density at radius 3 is 2.32 bits per heavy atom. The molecular formula is C20H19N5O3S3. The van der Waals surface area contributed by atoms with Crippen molar-refractivity contribution >= 4 is 49.3 Å². The third-order valence-electron chi connectivity index (χ3n) is 4.57. The van der Waals surface area contributed by atoms with E-state index in [1.807, 2.05) is 31.4 Å². The summed E-state index contributed by atoms with van der Waals surface area (Å²) in [6.45, 7) is 3.71. The van der Waals surface area contributed by atoms with E-state index in [1.54, 1.807) is 12.1 Å². The van der Waals surface area contributed by atoms with E-state index in [1.165, 1.54) is 34.8 Å². The molecule has 0 aliphatic heterocycles. The third kappa shape index (κ3) is 4.39. The van der Waals surface area contributed by atoms with E-state index >= 15 is 0 Å². The summed E-state index contributed by atoms with van der Waals surface area (Å²) < 4.78 is 22.8. The Bertz CT molecular complexity index is 1350. The lowest BCUT2D eigenvalue weighted by molar-refractivity contribution is 0.467. The van der Waals surface area contributed by atoms with Gasteiger partial charge in [-0.2, -0.15) is 0 Å². The molecular weight excluding hydrogens is 454 g/mol. The second-order valence-corrected chi connectivity index (χ2v) is 10.3. The maximum absolute atomic E-state index is 11.4. The molecule has 8 nitrogen and oxygen atoms in total. The zero-order valence-electron chi connectivity index (χ0n) is 16.6. The van der Waals surface area contributed by atoms with E-state index in [0.29, 0.717) is 22.4 Å². The number of rotatable bonds is 5. The number of hydrogen-bond donors (Lipinski definition) is 4. The smallest absolute Gasteiger partial charge is 0.238 e. The van der Waals surface area contributed by atoms with Gasteiger partial charge in [-0.15, -0.1) is 11.3 Å². The Morgan fingerprint density at radius 1 is 1.06 bits per heavy atom. The first kappa shape index (κ1) is 21.2. The molecule has 4 rings (SSSR count). The van der Waals surface area contributed by atoms with Crippen LogP contribution in [0.25, 0.3) is 21.1 Å². The molecule has 0 atom stereocenters. The molecule has 0 fully saturated rings. The molecule has 2 heterocycles. The number of anilines is 3. The van der Waals surface area contributed by atoms with Crippen LogP contribution in [0, 0.1) is 13.8 Å². The summed E-state index contributed by atoms with van der Waals surface area (Å²) in [5.41, 5.74) is 10.1. The molecule has 31 heavy (non-hydrogen) atoms. The molecule has 4 aromatic rings. The fraction of sp³-hybridized carbons (Fsp3) is 0.100. The van der Waals surface area contributed by atoms with Crippen LogP contribution >= 0.6 is 22.7 Å². The molecule has 2 aromatic carbocycles. The van der Waals surface area contributed by atoms with Gasteiger partial charge in [0.05, 0.1) is 10.6 Å². The van der Waals surface area contributed by atoms with E-state index in [-0.39, 0.29) is 4.90 Å². The summed E-state index contributed by atoms with van der Waals surface area (Å²) >= 11 is 2.81. The minimum Gasteiger partial charge on any atom is -0.507 e. The van der Waals surface area contributed by atoms with Crippen LogP contribution in [0.15, 0.2) is 46.7 Å². The van der Waals surface area contributed by atoms with Crippen LogP contribution in [0.2, 0.25) is 0 Å². The number of aromatic hydroxyl groups is 1. The van der Waals surface area contributed by atoms with Crippen LogP contribution in [0.4, 0.5) is 16.6 Å². The van der Waals surface area contributed by atoms with Gasteiger partial charge in [0, 0.05) is 16.6 Å². The van der Waals surface area contributed by atoms with Crippen molar-refractivity contribution in [3.05, 3.63) is 52.9 Å². The Kier molecular flexibility index (Phi) is 5.43. The van der Waals surface area contributed by atoms with Crippen molar-refractivity contribution in [2.24, 2.45) is 5.14 Å². The third-order valence-corrected chi connectivity index (χ3v) is 7.48. The molecule has 0 spiro atoms. The van der Waals surface area contributed by atoms with Crippen LogP contribution in [-0.4, -0.2) is 23.5 Å². The molecule has 0 aliphatic rings. The van der Waals surface area contributed by atoms with Gasteiger partial charge in [-0.3, -0.25) is 0 Å². The highest BCUT2D eigenvalue weighted by Gasteiger charge is 2.16. The predicted molar refractivity (Wildman–Crippen MR) is 125 cm³/mol. The van der Waals surface area contributed by atoms with Gasteiger partial charge < -0.3 is 16.2 Å². The fourth-order valence-electron chi connectivity index (χ4n) is 3.00. The maximum atomic E-state index is 11.4. The van der Waals surface area contributed by atoms with Crippen LogP contribution in [0.3, 0.4) is 0 Å². The first-order valence-corrected chi connectivity index (χ1v) is 12.3. The SMILES string of the molecule is Cc1cc(-c2csc(-c3sc(Nc4ccc(S(N)(=O)=O)cc4)nc3N)n2)cc(C)c1O. The zero-order valence-corrected chi connectivity index (χ0v) is 19.0. The lowest BCUT2D eigenvalue weighted by Gasteiger charge is -2.05. The number of hydrogen-bond acceptors (Lipinski definition) is 9. The molecule has 0 bridgehead atoms. The van der Waals surface area contributed by atoms with E-state index < -0.39 is 10.0 Å². The summed E-state index contributed by atoms with van der Waals surface area (Å²) in [5, 5.41) is 21.5. The number of nitrogens with zero attached hydrogens (tertiary/aromatic N) is 2. The first-order valence-electron chi connectivity index (χ1n) is 9.04. The van der Waals surface area contributed by atoms with Crippen LogP contribution in [0.1, 0.15) is 11.1 Å². The van der Waals surface area contributed by atoms with E-state index in [0.717, 1.165) is 32.3 Å². The van der Waals surface area contributed by atoms with Crippen molar-refractivity contribution in [1.82, 2.24) is 9.97 Å². The van der Waals surface area contributed by atoms with E-state index in [2.05, 4.69) is 10.3 Å². The highest BCUT2D eigenvalue weighted by atomic mass is 32.2. The second-order valence-electron chi connectivity index (χ2n) is 6.92. The van der Waals surface area contributed by atoms with Gasteiger partial charge in [0.15, 0.2) is 5.13 Å². The van der Waals surface area contributed by atoms with Crippen molar-refractivity contribution in [2.45, 2.75) is 18.7 Å². The Hall–Kier alpha value is -2.99. The summed E-state index contributed by atoms with van der Waals surface area (Å²) in [5.74, 6) is 0.645. The number of phenolic OH excluding ortho intramolecular Hbond substituents is 1. The number of nitrogens with two attached hydrogens (primary N) is 2. The minimum atomic E-state index is -3.74. The lowest BCUT2D eigenvalue weighted by atomic mass is 10.0. The summed E-state index contributed by atoms with van der Waals surface area (Å²) in [4.78, 5) is 9.83. The van der Waals surface area contributed by atoms with Crippen molar-refractivity contribution in [3.8, 4) is 26.9 Å². The lowest BCUT2D eigenvalue weighted by Crippen LogP contribution is -2.11. The summed E-state index contributed by atoms with van der Waals surface area (Å²) in [6.07, 6.45) is 0. The number of primary sulfonamides is 1. The van der Waals surface area contributed by atoms with Crippen LogP contribution in [0.5, 0.6) is 5.75 Å². The topological polar surface area (TPSA) is 144 Å². The van der Waals surface area contributed by atoms with Crippen LogP contribution < -0.4 is 16.2 Å². The predicted octanol–water partition coefficient (Wildman–Crippen LogP) is 4.23. The minimum absolute atomic E-state index is 0.0346. The monoisotopic (exact) mass is 473 g/mol. The number of thiazole rings is 2. The van der Waals surface area contributed by atoms with Crippen LogP contribution in [-0.2, 0) is 10.0 Å². The van der Waals surface area contributed by atoms with E-state index in [4.69, 9.17) is 15.9 Å². The Balaban J connectivity index is 1.59. The molecule has 160 valence electrons. The molecule has 0 saturated heterocycles. The zero-order chi connectivity index (χ0) is 22.3. The van der Waals surface area contributed by atoms with Gasteiger partial charge in [-0.05, 0) is 61.4 Å². The normalized spacial score (nSPS) is 11.6. The largest absolute Gasteiger partial charge is 0.507 e. The Morgan fingerprint density at radius 2 is 1.71 bits per heavy atom. The van der Waals surface area contributed by atoms with Crippen molar-refractivity contribution < 1.29 is 13.5 Å². The van der Waals surface area contributed by atoms with E-state index in [9.17, 15) is 13.5 Å². The number of nitrogens with one attached hydrogen (secondary N) is 1. The summed E-state index contributed by atoms with van der Waals surface area (Å²) in [6, 6.07) is 9.85. The first-order chi connectivity index (χ1) is 14.6. The van der Waals surface area contributed by atoms with Gasteiger partial charge in [-0.1, -0.05) is 11.3 Å². The molecule has 0 amide bonds. The van der Waals surface area contributed by atoms with Crippen molar-refractivity contribution in [3.63, 3.8) is 0 Å². The quantitative estimate of drug-likeness (QED) is 0.339. The number of sulfonamides is 1. The molecule has 0 unspecified atom stereocenters. The van der Waals surface area contributed by atoms with Gasteiger partial charge in [0.25, 0.3) is 0 Å². The van der Waals surface area contributed by atoms with Crippen molar-refractivity contribution in [1.29, 1.82) is 0 Å². The number of nitrogen functional groups attached to an aromatic ring is 1. The summed E-state index contributed by atoms with van der Waals surface area (Å²) in [7, 11) is -3.74. The van der Waals surface area contributed by atoms with Gasteiger partial charge >= 0.3 is 0 Å². The van der Waals surface area contributed by atoms with Gasteiger partial charge in [0.2, 0.25) is 10.0 Å². The fourth-order valence-corrected chi connectivity index (χ4v) is 5.35. The molecule has 0 saturated carbocycles. The molecule has 0 aliphatic carbocycles. The number of aryl methyl sites for hydroxylation is 2. The average Bonchev–Trinajstić information content (AvgIpc) is 3.32. The molecule has 0 radical (unpaired) electrons. The second kappa shape index (κ2) is 7.93. The highest BCUT2D eigenvalue weighted by molar-refractivity contribution is 7.89. The van der Waals surface area contributed by atoms with Gasteiger partial charge in [0.1, 0.15) is 21.5 Å². The van der Waals surface area contributed by atoms with Gasteiger partial charge in [-0.25, -0.2) is 23.5 Å².